The summed E-state index contributed by atoms with van der Waals surface area (Å²) in [4.78, 5) is 21.9. The Hall–Kier alpha value is -4.28. The second-order valence-electron chi connectivity index (χ2n) is 10.1. The minimum atomic E-state index is -0.433. The number of hydrogen-bond acceptors (Lipinski definition) is 7. The largest absolute Gasteiger partial charge is 0.494 e. The monoisotopic (exact) mass is 560 g/mol. The number of aromatic nitrogens is 3. The number of carbonyl (C=O) groups is 1. The van der Waals surface area contributed by atoms with Gasteiger partial charge in [0.15, 0.2) is 23.0 Å². The third kappa shape index (κ3) is 6.55. The number of amides is 1. The molecule has 0 radical (unpaired) electrons. The summed E-state index contributed by atoms with van der Waals surface area (Å²) in [6.07, 6.45) is 7.79. The second kappa shape index (κ2) is 12.9. The molecule has 0 bridgehead atoms. The summed E-state index contributed by atoms with van der Waals surface area (Å²) < 4.78 is 27.9. The van der Waals surface area contributed by atoms with Gasteiger partial charge in [0.1, 0.15) is 0 Å². The van der Waals surface area contributed by atoms with Crippen LogP contribution in [0.15, 0.2) is 61.6 Å². The lowest BCUT2D eigenvalue weighted by Gasteiger charge is -2.23. The van der Waals surface area contributed by atoms with Crippen LogP contribution in [0, 0.1) is 5.82 Å². The average molecular weight is 561 g/mol. The van der Waals surface area contributed by atoms with Crippen molar-refractivity contribution in [1.82, 2.24) is 19.7 Å². The van der Waals surface area contributed by atoms with Crippen LogP contribution in [0.1, 0.15) is 42.3 Å². The zero-order chi connectivity index (χ0) is 29.6. The predicted octanol–water partition coefficient (Wildman–Crippen LogP) is 5.06. The molecule has 216 valence electrons. The molecule has 2 heterocycles. The molecule has 0 aliphatic rings. The molecule has 0 aliphatic heterocycles. The molecule has 0 spiro atoms. The van der Waals surface area contributed by atoms with E-state index < -0.39 is 11.4 Å². The van der Waals surface area contributed by atoms with Gasteiger partial charge in [-0.2, -0.15) is 0 Å². The van der Waals surface area contributed by atoms with Gasteiger partial charge in [-0.1, -0.05) is 13.0 Å². The number of nitrogens with zero attached hydrogens (tertiary/aromatic N) is 3. The summed E-state index contributed by atoms with van der Waals surface area (Å²) >= 11 is 0. The summed E-state index contributed by atoms with van der Waals surface area (Å²) in [6.45, 7) is 10.7. The first-order chi connectivity index (χ1) is 19.7. The number of methoxy groups -OCH3 is 1. The average Bonchev–Trinajstić information content (AvgIpc) is 3.41. The van der Waals surface area contributed by atoms with E-state index in [-0.39, 0.29) is 11.7 Å². The van der Waals surface area contributed by atoms with Crippen molar-refractivity contribution in [3.63, 3.8) is 0 Å². The molecule has 0 atom stereocenters. The summed E-state index contributed by atoms with van der Waals surface area (Å²) in [5, 5.41) is 6.24. The maximum atomic E-state index is 15.1. The molecular weight excluding hydrogens is 523 g/mol. The Morgan fingerprint density at radius 3 is 2.76 bits per heavy atom. The Labute approximate surface area is 239 Å². The number of carbonyl (C=O) groups excluding carboxylic acids is 1. The van der Waals surface area contributed by atoms with E-state index in [1.165, 1.54) is 7.11 Å². The Morgan fingerprint density at radius 2 is 2.05 bits per heavy atom. The molecule has 1 amide bonds. The molecule has 0 saturated heterocycles. The van der Waals surface area contributed by atoms with Gasteiger partial charge in [0.05, 0.1) is 31.2 Å². The highest BCUT2D eigenvalue weighted by Crippen LogP contribution is 2.33. The van der Waals surface area contributed by atoms with Crippen molar-refractivity contribution in [2.24, 2.45) is 5.73 Å². The second-order valence-corrected chi connectivity index (χ2v) is 10.1. The van der Waals surface area contributed by atoms with E-state index in [1.54, 1.807) is 36.8 Å². The van der Waals surface area contributed by atoms with Crippen molar-refractivity contribution >= 4 is 23.1 Å². The molecular formula is C31H37FN6O3. The van der Waals surface area contributed by atoms with E-state index in [1.807, 2.05) is 43.4 Å². The number of hydrogen-bond donors (Lipinski definition) is 3. The molecule has 4 N–H and O–H groups in total. The zero-order valence-corrected chi connectivity index (χ0v) is 24.0. The first-order valence-corrected chi connectivity index (χ1v) is 13.5. The van der Waals surface area contributed by atoms with Gasteiger partial charge in [-0.05, 0) is 62.6 Å². The molecule has 2 aromatic carbocycles. The maximum Gasteiger partial charge on any atom is 0.251 e. The van der Waals surface area contributed by atoms with Crippen molar-refractivity contribution in [2.45, 2.75) is 39.2 Å². The number of aryl methyl sites for hydroxylation is 1. The number of rotatable bonds is 13. The van der Waals surface area contributed by atoms with Crippen LogP contribution in [0.25, 0.3) is 16.9 Å². The van der Waals surface area contributed by atoms with Crippen LogP contribution in [0.5, 0.6) is 5.75 Å². The molecule has 9 nitrogen and oxygen atoms in total. The van der Waals surface area contributed by atoms with Crippen molar-refractivity contribution in [1.29, 1.82) is 0 Å². The van der Waals surface area contributed by atoms with E-state index in [4.69, 9.17) is 15.2 Å². The van der Waals surface area contributed by atoms with Crippen LogP contribution in [-0.2, 0) is 17.6 Å². The first kappa shape index (κ1) is 29.7. The molecule has 0 unspecified atom stereocenters. The number of ether oxygens (including phenoxy) is 2. The van der Waals surface area contributed by atoms with Gasteiger partial charge in [-0.15, -0.1) is 6.58 Å². The summed E-state index contributed by atoms with van der Waals surface area (Å²) in [5.74, 6) is 0.117. The number of nitrogens with one attached hydrogen (secondary N) is 2. The minimum absolute atomic E-state index is 0.164. The Kier molecular flexibility index (Phi) is 9.36. The highest BCUT2D eigenvalue weighted by atomic mass is 19.1. The Morgan fingerprint density at radius 1 is 1.24 bits per heavy atom. The molecule has 0 aliphatic carbocycles. The number of nitrogens with two attached hydrogens (primary N) is 1. The van der Waals surface area contributed by atoms with Crippen LogP contribution in [0.4, 0.5) is 15.9 Å². The third-order valence-corrected chi connectivity index (χ3v) is 6.85. The van der Waals surface area contributed by atoms with Gasteiger partial charge in [0.2, 0.25) is 0 Å². The zero-order valence-electron chi connectivity index (χ0n) is 24.0. The standard InChI is InChI=1S/C31H37FN6O3/c1-6-8-24-23(11-12-26(40-5)27(24)32)25-18-36-29-28(34-13-15-38(25)29)37-21-9-10-22(20(7-2)17-21)30(39)35-14-16-41-31(3,4)19-33/h6,9-13,15,17-18H,1,7-8,14,16,19,33H2,2-5H3,(H,34,37)(H,35,39). The van der Waals surface area contributed by atoms with Crippen LogP contribution in [-0.4, -0.2) is 52.7 Å². The van der Waals surface area contributed by atoms with Gasteiger partial charge in [0, 0.05) is 47.9 Å². The lowest BCUT2D eigenvalue weighted by Crippen LogP contribution is -2.37. The summed E-state index contributed by atoms with van der Waals surface area (Å²) in [6, 6.07) is 8.98. The molecule has 10 heteroatoms. The van der Waals surface area contributed by atoms with E-state index in [9.17, 15) is 4.79 Å². The fraction of sp³-hybridized carbons (Fsp3) is 0.323. The number of fused-ring (bicyclic) bond motifs is 1. The van der Waals surface area contributed by atoms with E-state index in [0.717, 1.165) is 11.3 Å². The van der Waals surface area contributed by atoms with Gasteiger partial charge < -0.3 is 25.8 Å². The SMILES string of the molecule is C=CCc1c(-c2cnc3c(Nc4ccc(C(=O)NCCOC(C)(C)CN)c(CC)c4)nccn23)ccc(OC)c1F. The van der Waals surface area contributed by atoms with Crippen LogP contribution >= 0.6 is 0 Å². The van der Waals surface area contributed by atoms with E-state index in [2.05, 4.69) is 27.2 Å². The van der Waals surface area contributed by atoms with Crippen molar-refractivity contribution in [2.75, 3.05) is 32.1 Å². The topological polar surface area (TPSA) is 116 Å². The number of allylic oxidation sites excluding steroid dienone is 1. The smallest absolute Gasteiger partial charge is 0.251 e. The predicted molar refractivity (Wildman–Crippen MR) is 159 cm³/mol. The van der Waals surface area contributed by atoms with Gasteiger partial charge in [-0.25, -0.2) is 14.4 Å². The summed E-state index contributed by atoms with van der Waals surface area (Å²) in [5.41, 5.74) is 9.95. The Balaban J connectivity index is 1.57. The fourth-order valence-electron chi connectivity index (χ4n) is 4.52. The van der Waals surface area contributed by atoms with Crippen LogP contribution in [0.2, 0.25) is 0 Å². The lowest BCUT2D eigenvalue weighted by molar-refractivity contribution is -0.00809. The number of imidazole rings is 1. The molecule has 2 aromatic heterocycles. The Bertz CT molecular complexity index is 1550. The first-order valence-electron chi connectivity index (χ1n) is 13.5. The van der Waals surface area contributed by atoms with Gasteiger partial charge in [0.25, 0.3) is 5.91 Å². The quantitative estimate of drug-likeness (QED) is 0.155. The highest BCUT2D eigenvalue weighted by molar-refractivity contribution is 5.96. The number of halogens is 1. The molecule has 4 rings (SSSR count). The number of anilines is 2. The molecule has 4 aromatic rings. The molecule has 0 fully saturated rings. The summed E-state index contributed by atoms with van der Waals surface area (Å²) in [7, 11) is 1.44. The van der Waals surface area contributed by atoms with E-state index in [0.29, 0.717) is 66.4 Å². The van der Waals surface area contributed by atoms with Crippen LogP contribution < -0.4 is 21.1 Å². The van der Waals surface area contributed by atoms with Gasteiger partial charge in [-0.3, -0.25) is 9.20 Å². The van der Waals surface area contributed by atoms with E-state index >= 15 is 4.39 Å². The maximum absolute atomic E-state index is 15.1. The fourth-order valence-corrected chi connectivity index (χ4v) is 4.52. The van der Waals surface area contributed by atoms with Crippen molar-refractivity contribution in [3.8, 4) is 17.0 Å². The third-order valence-electron chi connectivity index (χ3n) is 6.85. The van der Waals surface area contributed by atoms with Crippen molar-refractivity contribution in [3.05, 3.63) is 84.1 Å². The normalized spacial score (nSPS) is 11.5. The molecule has 41 heavy (non-hydrogen) atoms. The minimum Gasteiger partial charge on any atom is -0.494 e. The highest BCUT2D eigenvalue weighted by Gasteiger charge is 2.19. The lowest BCUT2D eigenvalue weighted by atomic mass is 10.0. The van der Waals surface area contributed by atoms with Crippen LogP contribution in [0.3, 0.4) is 0 Å². The van der Waals surface area contributed by atoms with Crippen molar-refractivity contribution < 1.29 is 18.7 Å². The van der Waals surface area contributed by atoms with Gasteiger partial charge >= 0.3 is 0 Å². The molecule has 0 saturated carbocycles. The number of benzene rings is 2.